The first kappa shape index (κ1) is 24.6. The SMILES string of the molecule is CC.CC.NCc1ccc(-n2c(-c3cccnc3N)nc3cc(-c4ccccc4)cnc32)cc1. The van der Waals surface area contributed by atoms with Crippen LogP contribution < -0.4 is 11.5 Å². The summed E-state index contributed by atoms with van der Waals surface area (Å²) in [4.78, 5) is 13.9. The number of rotatable bonds is 4. The molecule has 0 saturated heterocycles. The van der Waals surface area contributed by atoms with Gasteiger partial charge in [-0.15, -0.1) is 0 Å². The van der Waals surface area contributed by atoms with E-state index in [1.165, 1.54) is 0 Å². The number of fused-ring (bicyclic) bond motifs is 1. The fraction of sp³-hybridized carbons (Fsp3) is 0.179. The number of pyridine rings is 2. The molecule has 0 atom stereocenters. The highest BCUT2D eigenvalue weighted by molar-refractivity contribution is 5.85. The molecule has 5 aromatic rings. The van der Waals surface area contributed by atoms with E-state index in [4.69, 9.17) is 21.4 Å². The van der Waals surface area contributed by atoms with Crippen LogP contribution in [0.25, 0.3) is 39.4 Å². The van der Waals surface area contributed by atoms with Crippen LogP contribution in [0.15, 0.2) is 85.2 Å². The molecule has 2 aromatic carbocycles. The molecular weight excluding hydrogens is 420 g/mol. The molecule has 6 nitrogen and oxygen atoms in total. The lowest BCUT2D eigenvalue weighted by Crippen LogP contribution is -2.02. The van der Waals surface area contributed by atoms with Crippen molar-refractivity contribution in [3.05, 3.63) is 90.8 Å². The minimum absolute atomic E-state index is 0.427. The van der Waals surface area contributed by atoms with Crippen molar-refractivity contribution >= 4 is 17.0 Å². The summed E-state index contributed by atoms with van der Waals surface area (Å²) in [6.45, 7) is 8.49. The predicted octanol–water partition coefficient (Wildman–Crippen LogP) is 6.24. The van der Waals surface area contributed by atoms with Crippen LogP contribution in [0.3, 0.4) is 0 Å². The summed E-state index contributed by atoms with van der Waals surface area (Å²) in [5.74, 6) is 1.13. The number of nitrogens with zero attached hydrogens (tertiary/aromatic N) is 4. The quantitative estimate of drug-likeness (QED) is 0.336. The summed E-state index contributed by atoms with van der Waals surface area (Å²) in [5.41, 5.74) is 18.4. The van der Waals surface area contributed by atoms with Crippen LogP contribution in [0, 0.1) is 0 Å². The fourth-order valence-electron chi connectivity index (χ4n) is 3.57. The van der Waals surface area contributed by atoms with Gasteiger partial charge in [-0.05, 0) is 41.5 Å². The molecule has 0 unspecified atom stereocenters. The second-order valence-corrected chi connectivity index (χ2v) is 7.01. The molecule has 0 aliphatic rings. The molecule has 3 heterocycles. The van der Waals surface area contributed by atoms with Crippen molar-refractivity contribution in [1.82, 2.24) is 19.5 Å². The molecule has 0 bridgehead atoms. The van der Waals surface area contributed by atoms with Gasteiger partial charge in [-0.2, -0.15) is 0 Å². The summed E-state index contributed by atoms with van der Waals surface area (Å²) in [6.07, 6.45) is 3.55. The van der Waals surface area contributed by atoms with Gasteiger partial charge in [0, 0.05) is 30.2 Å². The third-order valence-corrected chi connectivity index (χ3v) is 5.11. The number of hydrogen-bond donors (Lipinski definition) is 2. The van der Waals surface area contributed by atoms with E-state index in [1.807, 2.05) is 93.1 Å². The Balaban J connectivity index is 0.000000771. The molecule has 0 radical (unpaired) electrons. The van der Waals surface area contributed by atoms with Crippen molar-refractivity contribution in [2.24, 2.45) is 5.73 Å². The van der Waals surface area contributed by atoms with Gasteiger partial charge in [0.1, 0.15) is 11.3 Å². The Bertz CT molecular complexity index is 1320. The zero-order valence-electron chi connectivity index (χ0n) is 20.2. The van der Waals surface area contributed by atoms with Crippen LogP contribution in [-0.4, -0.2) is 19.5 Å². The van der Waals surface area contributed by atoms with Gasteiger partial charge in [-0.25, -0.2) is 15.0 Å². The molecule has 174 valence electrons. The van der Waals surface area contributed by atoms with Crippen molar-refractivity contribution in [2.45, 2.75) is 34.2 Å². The van der Waals surface area contributed by atoms with Crippen molar-refractivity contribution in [3.8, 4) is 28.2 Å². The highest BCUT2D eigenvalue weighted by Crippen LogP contribution is 2.32. The van der Waals surface area contributed by atoms with Gasteiger partial charge in [0.05, 0.1) is 5.56 Å². The van der Waals surface area contributed by atoms with E-state index in [2.05, 4.69) is 23.2 Å². The van der Waals surface area contributed by atoms with E-state index >= 15 is 0 Å². The zero-order chi connectivity index (χ0) is 24.5. The highest BCUT2D eigenvalue weighted by atomic mass is 15.1. The van der Waals surface area contributed by atoms with Crippen LogP contribution in [0.1, 0.15) is 33.3 Å². The van der Waals surface area contributed by atoms with Crippen molar-refractivity contribution in [2.75, 3.05) is 5.73 Å². The lowest BCUT2D eigenvalue weighted by atomic mass is 10.1. The monoisotopic (exact) mass is 452 g/mol. The number of benzene rings is 2. The topological polar surface area (TPSA) is 95.6 Å². The summed E-state index contributed by atoms with van der Waals surface area (Å²) >= 11 is 0. The first-order valence-corrected chi connectivity index (χ1v) is 11.7. The third-order valence-electron chi connectivity index (χ3n) is 5.11. The van der Waals surface area contributed by atoms with E-state index < -0.39 is 0 Å². The highest BCUT2D eigenvalue weighted by Gasteiger charge is 2.18. The zero-order valence-corrected chi connectivity index (χ0v) is 20.2. The second kappa shape index (κ2) is 11.7. The third kappa shape index (κ3) is 4.97. The summed E-state index contributed by atoms with van der Waals surface area (Å²) in [7, 11) is 0. The molecule has 0 spiro atoms. The molecule has 0 aliphatic carbocycles. The van der Waals surface area contributed by atoms with Crippen LogP contribution in [0.5, 0.6) is 0 Å². The number of anilines is 1. The van der Waals surface area contributed by atoms with Crippen LogP contribution in [0.2, 0.25) is 0 Å². The minimum atomic E-state index is 0.427. The lowest BCUT2D eigenvalue weighted by Gasteiger charge is -2.11. The number of hydrogen-bond acceptors (Lipinski definition) is 5. The molecule has 6 heteroatoms. The number of aromatic nitrogens is 4. The van der Waals surface area contributed by atoms with Crippen molar-refractivity contribution in [1.29, 1.82) is 0 Å². The largest absolute Gasteiger partial charge is 0.383 e. The Morgan fingerprint density at radius 1 is 0.794 bits per heavy atom. The molecule has 3 aromatic heterocycles. The average Bonchev–Trinajstić information content (AvgIpc) is 3.30. The smallest absolute Gasteiger partial charge is 0.164 e. The van der Waals surface area contributed by atoms with Gasteiger partial charge in [0.15, 0.2) is 11.5 Å². The normalized spacial score (nSPS) is 10.1. The maximum Gasteiger partial charge on any atom is 0.164 e. The molecule has 34 heavy (non-hydrogen) atoms. The first-order valence-electron chi connectivity index (χ1n) is 11.7. The Hall–Kier alpha value is -4.03. The van der Waals surface area contributed by atoms with Gasteiger partial charge in [-0.1, -0.05) is 70.2 Å². The van der Waals surface area contributed by atoms with Gasteiger partial charge in [0.25, 0.3) is 0 Å². The molecule has 5 rings (SSSR count). The van der Waals surface area contributed by atoms with E-state index in [-0.39, 0.29) is 0 Å². The number of imidazole rings is 1. The van der Waals surface area contributed by atoms with Crippen molar-refractivity contribution in [3.63, 3.8) is 0 Å². The standard InChI is InChI=1S/C24H20N6.2C2H6/c25-14-16-8-10-19(11-9-16)30-23(20-7-4-12-27-22(20)26)29-21-13-18(15-28-24(21)30)17-5-2-1-3-6-17;2*1-2/h1-13,15H,14,25H2,(H2,26,27);2*1-2H3. The van der Waals surface area contributed by atoms with Crippen LogP contribution in [0.4, 0.5) is 5.82 Å². The van der Waals surface area contributed by atoms with Crippen LogP contribution >= 0.6 is 0 Å². The minimum Gasteiger partial charge on any atom is -0.383 e. The Morgan fingerprint density at radius 3 is 2.15 bits per heavy atom. The van der Waals surface area contributed by atoms with Gasteiger partial charge >= 0.3 is 0 Å². The van der Waals surface area contributed by atoms with E-state index in [1.54, 1.807) is 6.20 Å². The number of nitrogens with two attached hydrogens (primary N) is 2. The van der Waals surface area contributed by atoms with Gasteiger partial charge in [-0.3, -0.25) is 4.57 Å². The lowest BCUT2D eigenvalue weighted by molar-refractivity contribution is 1.05. The van der Waals surface area contributed by atoms with Gasteiger partial charge < -0.3 is 11.5 Å². The molecule has 4 N–H and O–H groups in total. The summed E-state index contributed by atoms with van der Waals surface area (Å²) in [6, 6.07) is 24.0. The number of nitrogen functional groups attached to an aromatic ring is 1. The maximum absolute atomic E-state index is 6.19. The Labute approximate surface area is 201 Å². The van der Waals surface area contributed by atoms with E-state index in [9.17, 15) is 0 Å². The molecular formula is C28H32N6. The molecule has 0 fully saturated rings. The Kier molecular flexibility index (Phi) is 8.48. The van der Waals surface area contributed by atoms with Gasteiger partial charge in [0.2, 0.25) is 0 Å². The Morgan fingerprint density at radius 2 is 1.50 bits per heavy atom. The molecule has 0 amide bonds. The van der Waals surface area contributed by atoms with Crippen LogP contribution in [-0.2, 0) is 6.54 Å². The average molecular weight is 453 g/mol. The maximum atomic E-state index is 6.19. The summed E-state index contributed by atoms with van der Waals surface area (Å²) in [5, 5.41) is 0. The first-order chi connectivity index (χ1) is 16.7. The predicted molar refractivity (Wildman–Crippen MR) is 143 cm³/mol. The second-order valence-electron chi connectivity index (χ2n) is 7.01. The molecule has 0 aliphatic heterocycles. The molecule has 0 saturated carbocycles. The van der Waals surface area contributed by atoms with E-state index in [0.29, 0.717) is 18.2 Å². The van der Waals surface area contributed by atoms with E-state index in [0.717, 1.165) is 39.1 Å². The summed E-state index contributed by atoms with van der Waals surface area (Å²) < 4.78 is 2.01. The fourth-order valence-corrected chi connectivity index (χ4v) is 3.57. The van der Waals surface area contributed by atoms with Crippen molar-refractivity contribution < 1.29 is 0 Å².